The number of piperidine rings is 1. The molecule has 9 nitrogen and oxygen atoms in total. The summed E-state index contributed by atoms with van der Waals surface area (Å²) in [7, 11) is -1.89. The van der Waals surface area contributed by atoms with E-state index in [9.17, 15) is 13.2 Å². The average Bonchev–Trinajstić information content (AvgIpc) is 3.87. The third-order valence-electron chi connectivity index (χ3n) is 9.70. The van der Waals surface area contributed by atoms with E-state index in [-0.39, 0.29) is 30.0 Å². The molecule has 45 heavy (non-hydrogen) atoms. The normalized spacial score (nSPS) is 25.4. The largest absolute Gasteiger partial charge is 0.379 e. The fraction of sp³-hybridized carbons (Fsp3) is 0.576. The number of carbonyl (C=O) groups is 2. The Bertz CT molecular complexity index is 1470. The lowest BCUT2D eigenvalue weighted by Crippen LogP contribution is -2.60. The summed E-state index contributed by atoms with van der Waals surface area (Å²) in [6.07, 6.45) is 2.53. The summed E-state index contributed by atoms with van der Waals surface area (Å²) in [5, 5.41) is 0.773. The minimum atomic E-state index is -3.49. The van der Waals surface area contributed by atoms with Crippen LogP contribution in [0.15, 0.2) is 48.5 Å². The number of rotatable bonds is 13. The molecule has 4 atom stereocenters. The maximum absolute atomic E-state index is 15.2. The number of morpholine rings is 1. The first-order valence-electron chi connectivity index (χ1n) is 15.8. The summed E-state index contributed by atoms with van der Waals surface area (Å²) in [5.74, 6) is -0.968. The van der Waals surface area contributed by atoms with Gasteiger partial charge in [0, 0.05) is 55.1 Å². The number of ether oxygens (including phenoxy) is 1. The van der Waals surface area contributed by atoms with Gasteiger partial charge in [0.1, 0.15) is 0 Å². The maximum atomic E-state index is 15.2. The first-order chi connectivity index (χ1) is 21.4. The van der Waals surface area contributed by atoms with Crippen LogP contribution in [0, 0.1) is 5.41 Å². The summed E-state index contributed by atoms with van der Waals surface area (Å²) in [5.41, 5.74) is 6.64. The van der Waals surface area contributed by atoms with Crippen molar-refractivity contribution in [3.8, 4) is 0 Å². The molecule has 12 heteroatoms. The van der Waals surface area contributed by atoms with Gasteiger partial charge in [0.05, 0.1) is 29.9 Å². The van der Waals surface area contributed by atoms with Gasteiger partial charge in [-0.2, -0.15) is 0 Å². The van der Waals surface area contributed by atoms with Gasteiger partial charge in [-0.05, 0) is 74.0 Å². The number of nitrogens with two attached hydrogens (primary N) is 1. The van der Waals surface area contributed by atoms with E-state index in [1.807, 2.05) is 60.4 Å². The van der Waals surface area contributed by atoms with E-state index in [2.05, 4.69) is 4.90 Å². The number of hydrogen-bond donors (Lipinski definition) is 1. The van der Waals surface area contributed by atoms with Gasteiger partial charge in [0.15, 0.2) is 0 Å². The second-order valence-electron chi connectivity index (χ2n) is 12.8. The highest BCUT2D eigenvalue weighted by molar-refractivity contribution is 7.90. The molecule has 246 valence electrons. The molecule has 3 aliphatic rings. The van der Waals surface area contributed by atoms with Crippen molar-refractivity contribution in [1.29, 1.82) is 0 Å². The van der Waals surface area contributed by atoms with Crippen LogP contribution in [0.5, 0.6) is 0 Å². The first kappa shape index (κ1) is 34.1. The third-order valence-corrected chi connectivity index (χ3v) is 12.5. The molecule has 1 aliphatic carbocycles. The zero-order valence-electron chi connectivity index (χ0n) is 26.0. The number of likely N-dealkylation sites (N-methyl/N-ethyl adjacent to an activating group) is 1. The van der Waals surface area contributed by atoms with Gasteiger partial charge >= 0.3 is 0 Å². The molecule has 2 saturated heterocycles. The molecule has 0 bridgehead atoms. The summed E-state index contributed by atoms with van der Waals surface area (Å²) in [6, 6.07) is 14.2. The van der Waals surface area contributed by atoms with Crippen molar-refractivity contribution in [3.05, 3.63) is 69.7 Å². The van der Waals surface area contributed by atoms with Gasteiger partial charge in [0.2, 0.25) is 21.8 Å². The molecule has 2 aromatic rings. The van der Waals surface area contributed by atoms with Crippen LogP contribution < -0.4 is 5.73 Å². The molecule has 2 aromatic carbocycles. The van der Waals surface area contributed by atoms with E-state index in [0.29, 0.717) is 61.9 Å². The van der Waals surface area contributed by atoms with Gasteiger partial charge in [-0.3, -0.25) is 14.5 Å². The van der Waals surface area contributed by atoms with Crippen LogP contribution in [-0.4, -0.2) is 92.1 Å². The van der Waals surface area contributed by atoms with Gasteiger partial charge in [-0.1, -0.05) is 54.4 Å². The molecular formula is C33H44Cl2N4O5S. The molecule has 0 unspecified atom stereocenters. The molecule has 0 aromatic heterocycles. The zero-order valence-corrected chi connectivity index (χ0v) is 28.4. The highest BCUT2D eigenvalue weighted by atomic mass is 35.5. The minimum Gasteiger partial charge on any atom is -0.379 e. The molecule has 3 fully saturated rings. The second-order valence-corrected chi connectivity index (χ2v) is 16.0. The minimum absolute atomic E-state index is 0.107. The number of carbonyl (C=O) groups excluding carboxylic acids is 2. The monoisotopic (exact) mass is 678 g/mol. The van der Waals surface area contributed by atoms with E-state index in [1.54, 1.807) is 7.05 Å². The van der Waals surface area contributed by atoms with Gasteiger partial charge in [-0.15, -0.1) is 0 Å². The Balaban J connectivity index is 1.64. The van der Waals surface area contributed by atoms with E-state index in [1.165, 1.54) is 4.31 Å². The van der Waals surface area contributed by atoms with Crippen molar-refractivity contribution in [2.45, 2.75) is 68.7 Å². The molecular weight excluding hydrogens is 635 g/mol. The topological polar surface area (TPSA) is 113 Å². The SMILES string of the molecule is CC[C@@H](CN(C)S(=O)(=O)C1CC1)N1C(=O)[C@](CCN2CCOCC2)(CC(N)=O)C[C@H](c2cccc(Cl)c2)[C@H]1c1ccc(Cl)cc1. The van der Waals surface area contributed by atoms with Gasteiger partial charge < -0.3 is 15.4 Å². The Morgan fingerprint density at radius 3 is 2.38 bits per heavy atom. The van der Waals surface area contributed by atoms with Crippen molar-refractivity contribution in [2.75, 3.05) is 46.4 Å². The van der Waals surface area contributed by atoms with Crippen molar-refractivity contribution >= 4 is 45.0 Å². The number of benzene rings is 2. The fourth-order valence-corrected chi connectivity index (χ4v) is 9.05. The lowest BCUT2D eigenvalue weighted by atomic mass is 9.64. The van der Waals surface area contributed by atoms with Crippen LogP contribution in [0.1, 0.15) is 68.5 Å². The van der Waals surface area contributed by atoms with E-state index in [0.717, 1.165) is 24.2 Å². The summed E-state index contributed by atoms with van der Waals surface area (Å²) in [6.45, 7) is 5.45. The van der Waals surface area contributed by atoms with E-state index in [4.69, 9.17) is 33.7 Å². The van der Waals surface area contributed by atoms with Crippen LogP contribution in [-0.2, 0) is 24.3 Å². The maximum Gasteiger partial charge on any atom is 0.230 e. The first-order valence-corrected chi connectivity index (χ1v) is 18.1. The lowest BCUT2D eigenvalue weighted by Gasteiger charge is -2.53. The van der Waals surface area contributed by atoms with Crippen molar-refractivity contribution in [3.63, 3.8) is 0 Å². The second kappa shape index (κ2) is 14.3. The molecule has 2 heterocycles. The van der Waals surface area contributed by atoms with Gasteiger partial charge in [0.25, 0.3) is 0 Å². The number of likely N-dealkylation sites (tertiary alicyclic amines) is 1. The molecule has 5 rings (SSSR count). The number of nitrogens with zero attached hydrogens (tertiary/aromatic N) is 3. The Labute approximate surface area is 277 Å². The van der Waals surface area contributed by atoms with E-state index < -0.39 is 33.4 Å². The summed E-state index contributed by atoms with van der Waals surface area (Å²) < 4.78 is 33.5. The standard InChI is InChI=1S/C33H44Cl2N4O5S/c1-3-27(22-37(2)45(42,43)28-11-12-28)39-31(23-7-9-25(34)10-8-23)29(24-5-4-6-26(35)19-24)20-33(32(39)41,21-30(36)40)13-14-38-15-17-44-18-16-38/h4-10,19,27-29,31H,3,11-18,20-22H2,1-2H3,(H2,36,40)/t27-,29+,31+,33-/m0/s1. The number of amides is 2. The molecule has 2 aliphatic heterocycles. The van der Waals surface area contributed by atoms with Crippen LogP contribution in [0.25, 0.3) is 0 Å². The third kappa shape index (κ3) is 7.68. The van der Waals surface area contributed by atoms with Gasteiger partial charge in [-0.25, -0.2) is 12.7 Å². The molecule has 0 radical (unpaired) electrons. The van der Waals surface area contributed by atoms with Crippen LogP contribution in [0.4, 0.5) is 0 Å². The average molecular weight is 680 g/mol. The van der Waals surface area contributed by atoms with E-state index >= 15 is 4.79 Å². The number of sulfonamides is 1. The smallest absolute Gasteiger partial charge is 0.230 e. The van der Waals surface area contributed by atoms with Crippen molar-refractivity contribution < 1.29 is 22.7 Å². The molecule has 2 N–H and O–H groups in total. The van der Waals surface area contributed by atoms with Crippen molar-refractivity contribution in [1.82, 2.24) is 14.1 Å². The Hall–Kier alpha value is -2.21. The fourth-order valence-electron chi connectivity index (χ4n) is 7.11. The predicted molar refractivity (Wildman–Crippen MR) is 177 cm³/mol. The quantitative estimate of drug-likeness (QED) is 0.325. The number of halogens is 2. The predicted octanol–water partition coefficient (Wildman–Crippen LogP) is 4.84. The van der Waals surface area contributed by atoms with Crippen LogP contribution >= 0.6 is 23.2 Å². The Kier molecular flexibility index (Phi) is 10.8. The van der Waals surface area contributed by atoms with Crippen LogP contribution in [0.3, 0.4) is 0 Å². The highest BCUT2D eigenvalue weighted by Gasteiger charge is 2.54. The molecule has 2 amide bonds. The van der Waals surface area contributed by atoms with Crippen LogP contribution in [0.2, 0.25) is 10.0 Å². The zero-order chi connectivity index (χ0) is 32.4. The summed E-state index contributed by atoms with van der Waals surface area (Å²) >= 11 is 12.9. The Morgan fingerprint density at radius 2 is 1.78 bits per heavy atom. The molecule has 0 spiro atoms. The molecule has 1 saturated carbocycles. The van der Waals surface area contributed by atoms with Crippen molar-refractivity contribution in [2.24, 2.45) is 11.1 Å². The lowest BCUT2D eigenvalue weighted by molar-refractivity contribution is -0.160. The Morgan fingerprint density at radius 1 is 1.09 bits per heavy atom. The number of hydrogen-bond acceptors (Lipinski definition) is 6. The number of primary amides is 1. The summed E-state index contributed by atoms with van der Waals surface area (Å²) in [4.78, 5) is 32.1. The highest BCUT2D eigenvalue weighted by Crippen LogP contribution is 2.54.